The summed E-state index contributed by atoms with van der Waals surface area (Å²) in [6.07, 6.45) is 1.29. The zero-order valence-corrected chi connectivity index (χ0v) is 10.3. The summed E-state index contributed by atoms with van der Waals surface area (Å²) >= 11 is 3.01. The maximum Gasteiger partial charge on any atom is 0.257 e. The van der Waals surface area contributed by atoms with Gasteiger partial charge in [0, 0.05) is 4.47 Å². The van der Waals surface area contributed by atoms with Crippen LogP contribution in [0.1, 0.15) is 5.56 Å². The van der Waals surface area contributed by atoms with Crippen LogP contribution < -0.4 is 4.74 Å². The van der Waals surface area contributed by atoms with Crippen molar-refractivity contribution < 1.29 is 13.5 Å². The largest absolute Gasteiger partial charge is 0.433 e. The van der Waals surface area contributed by atoms with Crippen molar-refractivity contribution in [2.45, 2.75) is 0 Å². The van der Waals surface area contributed by atoms with Crippen LogP contribution >= 0.6 is 15.9 Å². The highest BCUT2D eigenvalue weighted by atomic mass is 79.9. The molecular weight excluding hydrogens is 308 g/mol. The molecule has 2 aromatic rings. The molecule has 0 bridgehead atoms. The lowest BCUT2D eigenvalue weighted by atomic mass is 10.3. The number of hydrogen-bond acceptors (Lipinski definition) is 4. The van der Waals surface area contributed by atoms with Gasteiger partial charge in [0.1, 0.15) is 11.6 Å². The summed E-state index contributed by atoms with van der Waals surface area (Å²) in [6, 6.07) is 5.36. The summed E-state index contributed by atoms with van der Waals surface area (Å²) in [5.41, 5.74) is 0.0739. The minimum atomic E-state index is -1.16. The summed E-state index contributed by atoms with van der Waals surface area (Å²) in [7, 11) is 0. The highest BCUT2D eigenvalue weighted by Gasteiger charge is 2.14. The molecule has 0 aliphatic rings. The van der Waals surface area contributed by atoms with E-state index in [1.54, 1.807) is 0 Å². The van der Waals surface area contributed by atoms with Crippen LogP contribution in [0.2, 0.25) is 0 Å². The third-order valence-electron chi connectivity index (χ3n) is 1.97. The number of nitrogens with zero attached hydrogens (tertiary/aromatic N) is 3. The molecule has 0 saturated heterocycles. The van der Waals surface area contributed by atoms with Crippen LogP contribution in [0, 0.1) is 23.0 Å². The van der Waals surface area contributed by atoms with Crippen LogP contribution in [0.4, 0.5) is 8.78 Å². The predicted molar refractivity (Wildman–Crippen MR) is 60.9 cm³/mol. The van der Waals surface area contributed by atoms with Crippen molar-refractivity contribution in [3.63, 3.8) is 0 Å². The molecule has 0 amide bonds. The van der Waals surface area contributed by atoms with Crippen LogP contribution in [0.25, 0.3) is 0 Å². The maximum absolute atomic E-state index is 13.5. The molecule has 0 unspecified atom stereocenters. The molecule has 1 heterocycles. The number of halogens is 3. The first-order chi connectivity index (χ1) is 8.61. The number of nitriles is 1. The van der Waals surface area contributed by atoms with Gasteiger partial charge in [-0.25, -0.2) is 4.39 Å². The zero-order chi connectivity index (χ0) is 13.1. The van der Waals surface area contributed by atoms with Gasteiger partial charge in [0.2, 0.25) is 5.82 Å². The Bertz CT molecular complexity index is 643. The maximum atomic E-state index is 13.5. The summed E-state index contributed by atoms with van der Waals surface area (Å²) in [6.45, 7) is 0. The molecule has 0 atom stereocenters. The normalized spacial score (nSPS) is 9.89. The molecule has 2 rings (SSSR count). The average Bonchev–Trinajstić information content (AvgIpc) is 2.36. The van der Waals surface area contributed by atoms with Gasteiger partial charge in [0.05, 0.1) is 6.20 Å². The zero-order valence-electron chi connectivity index (χ0n) is 8.69. The molecule has 0 spiro atoms. The summed E-state index contributed by atoms with van der Waals surface area (Å²) in [5, 5.41) is 15.9. The number of rotatable bonds is 2. The van der Waals surface area contributed by atoms with E-state index in [1.807, 2.05) is 6.07 Å². The Hall–Kier alpha value is -2.07. The Morgan fingerprint density at radius 3 is 2.83 bits per heavy atom. The number of aromatic nitrogens is 2. The second kappa shape index (κ2) is 5.06. The van der Waals surface area contributed by atoms with E-state index in [1.165, 1.54) is 18.3 Å². The fourth-order valence-electron chi connectivity index (χ4n) is 1.19. The minimum absolute atomic E-state index is 0.0739. The second-order valence-corrected chi connectivity index (χ2v) is 4.08. The van der Waals surface area contributed by atoms with Crippen molar-refractivity contribution in [1.29, 1.82) is 5.26 Å². The standard InChI is InChI=1S/C11H4BrF2N3O/c12-7-3-8(13)10(14)9(4-7)18-11-6(5-15)1-2-16-17-11/h1-4H. The Morgan fingerprint density at radius 2 is 2.11 bits per heavy atom. The van der Waals surface area contributed by atoms with Crippen molar-refractivity contribution in [1.82, 2.24) is 10.2 Å². The van der Waals surface area contributed by atoms with Crippen LogP contribution in [0.3, 0.4) is 0 Å². The van der Waals surface area contributed by atoms with Crippen molar-refractivity contribution >= 4 is 15.9 Å². The van der Waals surface area contributed by atoms with Gasteiger partial charge in [-0.05, 0) is 18.2 Å². The van der Waals surface area contributed by atoms with E-state index < -0.39 is 11.6 Å². The molecule has 0 fully saturated rings. The van der Waals surface area contributed by atoms with Gasteiger partial charge in [0.15, 0.2) is 11.6 Å². The quantitative estimate of drug-likeness (QED) is 0.799. The molecule has 4 nitrogen and oxygen atoms in total. The first kappa shape index (κ1) is 12.4. The van der Waals surface area contributed by atoms with E-state index in [0.29, 0.717) is 4.47 Å². The third kappa shape index (κ3) is 2.43. The van der Waals surface area contributed by atoms with E-state index >= 15 is 0 Å². The molecule has 1 aromatic heterocycles. The second-order valence-electron chi connectivity index (χ2n) is 3.16. The van der Waals surface area contributed by atoms with Gasteiger partial charge in [-0.1, -0.05) is 15.9 Å². The molecule has 1 aromatic carbocycles. The fourth-order valence-corrected chi connectivity index (χ4v) is 1.60. The van der Waals surface area contributed by atoms with E-state index in [2.05, 4.69) is 26.1 Å². The lowest BCUT2D eigenvalue weighted by Crippen LogP contribution is -1.97. The van der Waals surface area contributed by atoms with E-state index in [4.69, 9.17) is 10.00 Å². The Balaban J connectivity index is 2.44. The van der Waals surface area contributed by atoms with Crippen LogP contribution in [0.5, 0.6) is 11.6 Å². The van der Waals surface area contributed by atoms with Crippen molar-refractivity contribution in [3.05, 3.63) is 46.1 Å². The van der Waals surface area contributed by atoms with Gasteiger partial charge < -0.3 is 4.74 Å². The molecule has 0 aliphatic heterocycles. The van der Waals surface area contributed by atoms with Crippen molar-refractivity contribution in [2.24, 2.45) is 0 Å². The number of benzene rings is 1. The first-order valence-electron chi connectivity index (χ1n) is 4.66. The van der Waals surface area contributed by atoms with E-state index in [-0.39, 0.29) is 17.2 Å². The molecule has 18 heavy (non-hydrogen) atoms. The van der Waals surface area contributed by atoms with Gasteiger partial charge in [-0.3, -0.25) is 0 Å². The summed E-state index contributed by atoms with van der Waals surface area (Å²) < 4.78 is 31.9. The number of ether oxygens (including phenoxy) is 1. The first-order valence-corrected chi connectivity index (χ1v) is 5.45. The van der Waals surface area contributed by atoms with E-state index in [0.717, 1.165) is 6.07 Å². The lowest BCUT2D eigenvalue weighted by Gasteiger charge is -2.07. The topological polar surface area (TPSA) is 58.8 Å². The van der Waals surface area contributed by atoms with Crippen LogP contribution in [-0.2, 0) is 0 Å². The predicted octanol–water partition coefficient (Wildman–Crippen LogP) is 3.18. The van der Waals surface area contributed by atoms with E-state index in [9.17, 15) is 8.78 Å². The average molecular weight is 312 g/mol. The molecule has 0 N–H and O–H groups in total. The summed E-state index contributed by atoms with van der Waals surface area (Å²) in [5.74, 6) is -2.79. The SMILES string of the molecule is N#Cc1ccnnc1Oc1cc(Br)cc(F)c1F. The van der Waals surface area contributed by atoms with Gasteiger partial charge in [-0.15, -0.1) is 5.10 Å². The van der Waals surface area contributed by atoms with Crippen molar-refractivity contribution in [2.75, 3.05) is 0 Å². The summed E-state index contributed by atoms with van der Waals surface area (Å²) in [4.78, 5) is 0. The third-order valence-corrected chi connectivity index (χ3v) is 2.43. The highest BCUT2D eigenvalue weighted by molar-refractivity contribution is 9.10. The van der Waals surface area contributed by atoms with Crippen molar-refractivity contribution in [3.8, 4) is 17.7 Å². The molecule has 7 heteroatoms. The Labute approximate surface area is 109 Å². The Kier molecular flexibility index (Phi) is 3.48. The molecular formula is C11H4BrF2N3O. The molecule has 90 valence electrons. The van der Waals surface area contributed by atoms with Gasteiger partial charge in [0.25, 0.3) is 5.88 Å². The molecule has 0 radical (unpaired) electrons. The van der Waals surface area contributed by atoms with Gasteiger partial charge in [-0.2, -0.15) is 14.8 Å². The van der Waals surface area contributed by atoms with Gasteiger partial charge >= 0.3 is 0 Å². The monoisotopic (exact) mass is 311 g/mol. The highest BCUT2D eigenvalue weighted by Crippen LogP contribution is 2.29. The lowest BCUT2D eigenvalue weighted by molar-refractivity contribution is 0.400. The molecule has 0 saturated carbocycles. The number of hydrogen-bond donors (Lipinski definition) is 0. The van der Waals surface area contributed by atoms with Crippen LogP contribution in [0.15, 0.2) is 28.9 Å². The molecule has 0 aliphatic carbocycles. The van der Waals surface area contributed by atoms with Crippen LogP contribution in [-0.4, -0.2) is 10.2 Å². The fraction of sp³-hybridized carbons (Fsp3) is 0. The minimum Gasteiger partial charge on any atom is -0.433 e. The Morgan fingerprint density at radius 1 is 1.33 bits per heavy atom. The smallest absolute Gasteiger partial charge is 0.257 e.